The zero-order valence-corrected chi connectivity index (χ0v) is 33.0. The van der Waals surface area contributed by atoms with Gasteiger partial charge in [0.2, 0.25) is 0 Å². The minimum absolute atomic E-state index is 0.925. The second-order valence-electron chi connectivity index (χ2n) is 15.8. The summed E-state index contributed by atoms with van der Waals surface area (Å²) in [4.78, 5) is 0. The van der Waals surface area contributed by atoms with E-state index in [9.17, 15) is 0 Å². The standard InChI is InChI=1S/C54H44O/c1-29-31(3)35(7)50-48(33(29)5)52(39-25-23-38(24-26-39)41-18-13-19-42-40-16-10-9-15-37(40)27-28-43(41)42)49-34(6)30(2)32(4)36(8)51(49)54(50)45-20-14-22-47-53(45)44-17-11-12-21-46(44)55-47/h9-28H,1-8H3. The van der Waals surface area contributed by atoms with Crippen LogP contribution in [0.15, 0.2) is 126 Å². The van der Waals surface area contributed by atoms with Gasteiger partial charge in [-0.15, -0.1) is 0 Å². The Labute approximate surface area is 322 Å². The minimum Gasteiger partial charge on any atom is -0.456 e. The molecular weight excluding hydrogens is 665 g/mol. The van der Waals surface area contributed by atoms with Crippen LogP contribution in [0.3, 0.4) is 0 Å². The number of hydrogen-bond acceptors (Lipinski definition) is 1. The summed E-state index contributed by atoms with van der Waals surface area (Å²) in [6.45, 7) is 18.6. The first kappa shape index (κ1) is 33.4. The SMILES string of the molecule is Cc1c(C)c(C)c2c(-c3cccc4oc5ccccc5c34)c3c(C)c(C)c(C)c(C)c3c(-c3ccc(-c4cccc5c4ccc4ccccc45)cc3)c2c1C. The van der Waals surface area contributed by atoms with Crippen LogP contribution in [0.1, 0.15) is 44.5 Å². The summed E-state index contributed by atoms with van der Waals surface area (Å²) in [5.74, 6) is 0. The zero-order chi connectivity index (χ0) is 37.9. The molecule has 1 nitrogen and oxygen atoms in total. The molecule has 0 fully saturated rings. The fraction of sp³-hybridized carbons (Fsp3) is 0.148. The Bertz CT molecular complexity index is 3180. The molecule has 55 heavy (non-hydrogen) atoms. The van der Waals surface area contributed by atoms with Crippen molar-refractivity contribution in [1.29, 1.82) is 0 Å². The van der Waals surface area contributed by atoms with E-state index < -0.39 is 0 Å². The predicted octanol–water partition coefficient (Wildman–Crippen LogP) is 15.7. The van der Waals surface area contributed by atoms with Crippen LogP contribution in [0.5, 0.6) is 0 Å². The molecule has 0 saturated carbocycles. The van der Waals surface area contributed by atoms with Gasteiger partial charge < -0.3 is 4.42 Å². The van der Waals surface area contributed by atoms with E-state index in [1.54, 1.807) is 0 Å². The van der Waals surface area contributed by atoms with Crippen molar-refractivity contribution in [2.24, 2.45) is 0 Å². The highest BCUT2D eigenvalue weighted by Gasteiger charge is 2.27. The van der Waals surface area contributed by atoms with Gasteiger partial charge in [0.05, 0.1) is 0 Å². The van der Waals surface area contributed by atoms with Crippen molar-refractivity contribution in [3.63, 3.8) is 0 Å². The summed E-state index contributed by atoms with van der Waals surface area (Å²) >= 11 is 0. The monoisotopic (exact) mass is 708 g/mol. The van der Waals surface area contributed by atoms with Gasteiger partial charge in [-0.2, -0.15) is 0 Å². The smallest absolute Gasteiger partial charge is 0.136 e. The molecule has 0 N–H and O–H groups in total. The van der Waals surface area contributed by atoms with Crippen LogP contribution < -0.4 is 0 Å². The van der Waals surface area contributed by atoms with Crippen molar-refractivity contribution in [1.82, 2.24) is 0 Å². The molecule has 0 bridgehead atoms. The van der Waals surface area contributed by atoms with E-state index in [1.165, 1.54) is 126 Å². The van der Waals surface area contributed by atoms with Crippen LogP contribution in [0.25, 0.3) is 98.4 Å². The van der Waals surface area contributed by atoms with Crippen LogP contribution in [0, 0.1) is 55.4 Å². The first-order chi connectivity index (χ1) is 26.7. The summed E-state index contributed by atoms with van der Waals surface area (Å²) < 4.78 is 6.52. The van der Waals surface area contributed by atoms with Gasteiger partial charge in [0.1, 0.15) is 11.2 Å². The van der Waals surface area contributed by atoms with Crippen LogP contribution in [-0.4, -0.2) is 0 Å². The van der Waals surface area contributed by atoms with Gasteiger partial charge in [0.15, 0.2) is 0 Å². The fourth-order valence-electron chi connectivity index (χ4n) is 9.77. The third-order valence-electron chi connectivity index (χ3n) is 13.3. The highest BCUT2D eigenvalue weighted by Crippen LogP contribution is 2.52. The molecule has 0 amide bonds. The lowest BCUT2D eigenvalue weighted by Crippen LogP contribution is -2.03. The summed E-state index contributed by atoms with van der Waals surface area (Å²) in [5, 5.41) is 12.9. The topological polar surface area (TPSA) is 13.1 Å². The van der Waals surface area contributed by atoms with Crippen LogP contribution in [-0.2, 0) is 0 Å². The molecule has 0 radical (unpaired) electrons. The Morgan fingerprint density at radius 1 is 0.291 bits per heavy atom. The number of aryl methyl sites for hydroxylation is 4. The highest BCUT2D eigenvalue weighted by molar-refractivity contribution is 6.28. The Morgan fingerprint density at radius 2 is 0.782 bits per heavy atom. The van der Waals surface area contributed by atoms with Gasteiger partial charge in [-0.25, -0.2) is 0 Å². The van der Waals surface area contributed by atoms with Gasteiger partial charge in [-0.1, -0.05) is 109 Å². The number of benzene rings is 9. The molecule has 0 unspecified atom stereocenters. The van der Waals surface area contributed by atoms with Gasteiger partial charge in [-0.05, 0) is 189 Å². The lowest BCUT2D eigenvalue weighted by molar-refractivity contribution is 0.669. The summed E-state index contributed by atoms with van der Waals surface area (Å²) in [5.41, 5.74) is 20.3. The van der Waals surface area contributed by atoms with E-state index in [0.717, 1.165) is 16.6 Å². The van der Waals surface area contributed by atoms with E-state index >= 15 is 0 Å². The van der Waals surface area contributed by atoms with Crippen LogP contribution in [0.2, 0.25) is 0 Å². The van der Waals surface area contributed by atoms with E-state index in [1.807, 2.05) is 0 Å². The van der Waals surface area contributed by atoms with E-state index in [4.69, 9.17) is 4.42 Å². The second-order valence-corrected chi connectivity index (χ2v) is 15.8. The first-order valence-corrected chi connectivity index (χ1v) is 19.5. The van der Waals surface area contributed by atoms with E-state index in [0.29, 0.717) is 0 Å². The molecule has 1 aromatic heterocycles. The number of para-hydroxylation sites is 1. The Morgan fingerprint density at radius 3 is 1.44 bits per heavy atom. The van der Waals surface area contributed by atoms with Crippen molar-refractivity contribution in [3.8, 4) is 33.4 Å². The van der Waals surface area contributed by atoms with Crippen LogP contribution >= 0.6 is 0 Å². The van der Waals surface area contributed by atoms with Crippen molar-refractivity contribution < 1.29 is 4.42 Å². The minimum atomic E-state index is 0.925. The lowest BCUT2D eigenvalue weighted by Gasteiger charge is -2.27. The molecule has 10 rings (SSSR count). The van der Waals surface area contributed by atoms with Gasteiger partial charge >= 0.3 is 0 Å². The maximum Gasteiger partial charge on any atom is 0.136 e. The third-order valence-corrected chi connectivity index (χ3v) is 13.3. The average Bonchev–Trinajstić information content (AvgIpc) is 3.61. The number of rotatable bonds is 3. The van der Waals surface area contributed by atoms with Crippen molar-refractivity contribution >= 4 is 65.0 Å². The van der Waals surface area contributed by atoms with Crippen molar-refractivity contribution in [2.75, 3.05) is 0 Å². The molecule has 1 heteroatoms. The van der Waals surface area contributed by atoms with Crippen molar-refractivity contribution in [3.05, 3.63) is 166 Å². The predicted molar refractivity (Wildman–Crippen MR) is 238 cm³/mol. The number of hydrogen-bond donors (Lipinski definition) is 0. The quantitative estimate of drug-likeness (QED) is 0.132. The van der Waals surface area contributed by atoms with E-state index in [-0.39, 0.29) is 0 Å². The second kappa shape index (κ2) is 12.2. The fourth-order valence-corrected chi connectivity index (χ4v) is 9.77. The molecule has 266 valence electrons. The largest absolute Gasteiger partial charge is 0.456 e. The molecule has 0 aliphatic rings. The molecule has 0 spiro atoms. The molecule has 0 saturated heterocycles. The summed E-state index contributed by atoms with van der Waals surface area (Å²) in [6.07, 6.45) is 0. The molecule has 0 aliphatic heterocycles. The molecule has 10 aromatic rings. The third kappa shape index (κ3) is 4.66. The van der Waals surface area contributed by atoms with E-state index in [2.05, 4.69) is 177 Å². The summed E-state index contributed by atoms with van der Waals surface area (Å²) in [6, 6.07) is 44.5. The molecule has 9 aromatic carbocycles. The van der Waals surface area contributed by atoms with Crippen molar-refractivity contribution in [2.45, 2.75) is 55.4 Å². The van der Waals surface area contributed by atoms with Crippen LogP contribution in [0.4, 0.5) is 0 Å². The maximum absolute atomic E-state index is 6.52. The highest BCUT2D eigenvalue weighted by atomic mass is 16.3. The lowest BCUT2D eigenvalue weighted by atomic mass is 9.76. The molecular formula is C54H44O. The Hall–Kier alpha value is -6.18. The van der Waals surface area contributed by atoms with Gasteiger partial charge in [0.25, 0.3) is 0 Å². The number of fused-ring (bicyclic) bond motifs is 8. The Balaban J connectivity index is 1.34. The first-order valence-electron chi connectivity index (χ1n) is 19.5. The summed E-state index contributed by atoms with van der Waals surface area (Å²) in [7, 11) is 0. The molecule has 0 aliphatic carbocycles. The maximum atomic E-state index is 6.52. The zero-order valence-electron chi connectivity index (χ0n) is 33.0. The molecule has 1 heterocycles. The van der Waals surface area contributed by atoms with Gasteiger partial charge in [-0.3, -0.25) is 0 Å². The molecule has 0 atom stereocenters. The normalized spacial score (nSPS) is 12.0. The average molecular weight is 709 g/mol. The number of furan rings is 1. The Kier molecular flexibility index (Phi) is 7.39. The van der Waals surface area contributed by atoms with Gasteiger partial charge in [0, 0.05) is 10.8 Å².